The van der Waals surface area contributed by atoms with Crippen LogP contribution in [-0.4, -0.2) is 17.6 Å². The first-order valence-electron chi connectivity index (χ1n) is 8.35. The number of benzene rings is 3. The molecule has 0 atom stereocenters. The molecule has 28 heavy (non-hydrogen) atoms. The van der Waals surface area contributed by atoms with Crippen molar-refractivity contribution in [1.29, 1.82) is 0 Å². The van der Waals surface area contributed by atoms with Gasteiger partial charge in [-0.15, -0.1) is 11.8 Å². The summed E-state index contributed by atoms with van der Waals surface area (Å²) in [6.07, 6.45) is 0. The van der Waals surface area contributed by atoms with Crippen LogP contribution in [0, 0.1) is 5.82 Å². The second kappa shape index (κ2) is 9.39. The smallest absolute Gasteiger partial charge is 0.255 e. The molecule has 0 aliphatic rings. The Balaban J connectivity index is 1.50. The van der Waals surface area contributed by atoms with Crippen LogP contribution in [0.5, 0.6) is 0 Å². The molecule has 3 aromatic carbocycles. The van der Waals surface area contributed by atoms with Crippen LogP contribution in [0.3, 0.4) is 0 Å². The van der Waals surface area contributed by atoms with Gasteiger partial charge >= 0.3 is 0 Å². The van der Waals surface area contributed by atoms with Gasteiger partial charge in [0.1, 0.15) is 5.82 Å². The Morgan fingerprint density at radius 3 is 2.21 bits per heavy atom. The first-order chi connectivity index (χ1) is 13.5. The summed E-state index contributed by atoms with van der Waals surface area (Å²) in [4.78, 5) is 25.1. The van der Waals surface area contributed by atoms with Crippen LogP contribution >= 0.6 is 23.4 Å². The van der Waals surface area contributed by atoms with Crippen molar-refractivity contribution < 1.29 is 14.0 Å². The van der Waals surface area contributed by atoms with Crippen LogP contribution in [0.2, 0.25) is 5.02 Å². The lowest BCUT2D eigenvalue weighted by molar-refractivity contribution is -0.113. The molecule has 0 heterocycles. The highest BCUT2D eigenvalue weighted by Crippen LogP contribution is 2.21. The monoisotopic (exact) mass is 414 g/mol. The van der Waals surface area contributed by atoms with E-state index in [2.05, 4.69) is 10.6 Å². The molecule has 0 radical (unpaired) electrons. The number of halogens is 2. The summed E-state index contributed by atoms with van der Waals surface area (Å²) in [6, 6.07) is 19.5. The summed E-state index contributed by atoms with van der Waals surface area (Å²) in [6.45, 7) is 0. The summed E-state index contributed by atoms with van der Waals surface area (Å²) >= 11 is 7.26. The van der Waals surface area contributed by atoms with Crippen molar-refractivity contribution in [1.82, 2.24) is 0 Å². The SMILES string of the molecule is O=C(CSc1ccc(NC(=O)c2cccc(Cl)c2)cc1)Nc1ccc(F)cc1. The van der Waals surface area contributed by atoms with Crippen LogP contribution in [-0.2, 0) is 4.79 Å². The number of nitrogens with one attached hydrogen (secondary N) is 2. The van der Waals surface area contributed by atoms with E-state index in [1.165, 1.54) is 36.0 Å². The first kappa shape index (κ1) is 19.9. The highest BCUT2D eigenvalue weighted by molar-refractivity contribution is 8.00. The number of anilines is 2. The summed E-state index contributed by atoms with van der Waals surface area (Å²) in [5.74, 6) is -0.572. The molecule has 0 aliphatic heterocycles. The molecular weight excluding hydrogens is 399 g/mol. The fourth-order valence-electron chi connectivity index (χ4n) is 2.35. The molecule has 3 rings (SSSR count). The minimum Gasteiger partial charge on any atom is -0.325 e. The number of hydrogen-bond donors (Lipinski definition) is 2. The van der Waals surface area contributed by atoms with Gasteiger partial charge in [0, 0.05) is 26.9 Å². The van der Waals surface area contributed by atoms with Crippen molar-refractivity contribution in [2.45, 2.75) is 4.90 Å². The molecule has 0 fully saturated rings. The zero-order chi connectivity index (χ0) is 19.9. The van der Waals surface area contributed by atoms with E-state index >= 15 is 0 Å². The van der Waals surface area contributed by atoms with Gasteiger partial charge in [-0.2, -0.15) is 0 Å². The Hall–Kier alpha value is -2.83. The molecule has 3 aromatic rings. The van der Waals surface area contributed by atoms with Crippen LogP contribution in [0.4, 0.5) is 15.8 Å². The fraction of sp³-hybridized carbons (Fsp3) is 0.0476. The van der Waals surface area contributed by atoms with Gasteiger partial charge in [0.15, 0.2) is 0 Å². The fourth-order valence-corrected chi connectivity index (χ4v) is 3.24. The topological polar surface area (TPSA) is 58.2 Å². The van der Waals surface area contributed by atoms with Crippen molar-refractivity contribution >= 4 is 46.6 Å². The molecule has 0 spiro atoms. The second-order valence-electron chi connectivity index (χ2n) is 5.83. The average molecular weight is 415 g/mol. The van der Waals surface area contributed by atoms with E-state index < -0.39 is 0 Å². The highest BCUT2D eigenvalue weighted by atomic mass is 35.5. The van der Waals surface area contributed by atoms with Crippen molar-refractivity contribution in [2.24, 2.45) is 0 Å². The number of carbonyl (C=O) groups is 2. The number of thioether (sulfide) groups is 1. The van der Waals surface area contributed by atoms with E-state index in [4.69, 9.17) is 11.6 Å². The van der Waals surface area contributed by atoms with Gasteiger partial charge < -0.3 is 10.6 Å². The van der Waals surface area contributed by atoms with Crippen LogP contribution in [0.15, 0.2) is 77.7 Å². The third-order valence-corrected chi connectivity index (χ3v) is 4.94. The van der Waals surface area contributed by atoms with E-state index in [-0.39, 0.29) is 23.4 Å². The summed E-state index contributed by atoms with van der Waals surface area (Å²) < 4.78 is 12.9. The predicted octanol–water partition coefficient (Wildman–Crippen LogP) is 5.46. The maximum absolute atomic E-state index is 12.9. The zero-order valence-corrected chi connectivity index (χ0v) is 16.2. The Labute approximate surface area is 171 Å². The normalized spacial score (nSPS) is 10.4. The van der Waals surface area contributed by atoms with E-state index in [1.807, 2.05) is 12.1 Å². The molecule has 2 amide bonds. The lowest BCUT2D eigenvalue weighted by Crippen LogP contribution is -2.14. The van der Waals surface area contributed by atoms with Gasteiger partial charge in [-0.05, 0) is 66.7 Å². The van der Waals surface area contributed by atoms with Gasteiger partial charge in [-0.25, -0.2) is 4.39 Å². The largest absolute Gasteiger partial charge is 0.325 e. The lowest BCUT2D eigenvalue weighted by Gasteiger charge is -2.08. The molecule has 2 N–H and O–H groups in total. The summed E-state index contributed by atoms with van der Waals surface area (Å²) in [5, 5.41) is 6.00. The van der Waals surface area contributed by atoms with Crippen LogP contribution in [0.1, 0.15) is 10.4 Å². The highest BCUT2D eigenvalue weighted by Gasteiger charge is 2.07. The molecule has 7 heteroatoms. The van der Waals surface area contributed by atoms with Gasteiger partial charge in [0.25, 0.3) is 5.91 Å². The maximum atomic E-state index is 12.9. The van der Waals surface area contributed by atoms with Crippen molar-refractivity contribution in [3.63, 3.8) is 0 Å². The molecule has 4 nitrogen and oxygen atoms in total. The molecule has 0 aliphatic carbocycles. The molecule has 0 bridgehead atoms. The van der Waals surface area contributed by atoms with Gasteiger partial charge in [-0.3, -0.25) is 9.59 Å². The van der Waals surface area contributed by atoms with Crippen LogP contribution < -0.4 is 10.6 Å². The number of amides is 2. The van der Waals surface area contributed by atoms with Gasteiger partial charge in [0.2, 0.25) is 5.91 Å². The number of rotatable bonds is 6. The quantitative estimate of drug-likeness (QED) is 0.526. The van der Waals surface area contributed by atoms with Crippen molar-refractivity contribution in [3.05, 3.63) is 89.2 Å². The first-order valence-corrected chi connectivity index (χ1v) is 9.71. The van der Waals surface area contributed by atoms with E-state index in [0.717, 1.165) is 4.90 Å². The van der Waals surface area contributed by atoms with Gasteiger partial charge in [-0.1, -0.05) is 17.7 Å². The Morgan fingerprint density at radius 1 is 0.893 bits per heavy atom. The molecule has 0 unspecified atom stereocenters. The van der Waals surface area contributed by atoms with Crippen molar-refractivity contribution in [2.75, 3.05) is 16.4 Å². The summed E-state index contributed by atoms with van der Waals surface area (Å²) in [7, 11) is 0. The lowest BCUT2D eigenvalue weighted by atomic mass is 10.2. The molecule has 0 aromatic heterocycles. The molecule has 0 saturated heterocycles. The van der Waals surface area contributed by atoms with E-state index in [1.54, 1.807) is 36.4 Å². The molecule has 0 saturated carbocycles. The zero-order valence-electron chi connectivity index (χ0n) is 14.6. The van der Waals surface area contributed by atoms with Gasteiger partial charge in [0.05, 0.1) is 5.75 Å². The average Bonchev–Trinajstić information content (AvgIpc) is 2.69. The van der Waals surface area contributed by atoms with Crippen LogP contribution in [0.25, 0.3) is 0 Å². The molecule has 142 valence electrons. The number of hydrogen-bond acceptors (Lipinski definition) is 3. The Bertz CT molecular complexity index is 978. The second-order valence-corrected chi connectivity index (χ2v) is 7.32. The third-order valence-electron chi connectivity index (χ3n) is 3.70. The number of carbonyl (C=O) groups excluding carboxylic acids is 2. The standard InChI is InChI=1S/C21H16ClFN2O2S/c22-15-3-1-2-14(12-15)21(27)25-18-8-10-19(11-9-18)28-13-20(26)24-17-6-4-16(23)5-7-17/h1-12H,13H2,(H,24,26)(H,25,27). The summed E-state index contributed by atoms with van der Waals surface area (Å²) in [5.41, 5.74) is 1.67. The van der Waals surface area contributed by atoms with E-state index in [0.29, 0.717) is 22.0 Å². The molecular formula is C21H16ClFN2O2S. The minimum atomic E-state index is -0.352. The van der Waals surface area contributed by atoms with E-state index in [9.17, 15) is 14.0 Å². The Morgan fingerprint density at radius 2 is 1.54 bits per heavy atom. The maximum Gasteiger partial charge on any atom is 0.255 e. The Kier molecular flexibility index (Phi) is 6.68. The van der Waals surface area contributed by atoms with Crippen molar-refractivity contribution in [3.8, 4) is 0 Å². The predicted molar refractivity (Wildman–Crippen MR) is 112 cm³/mol. The third kappa shape index (κ3) is 5.84. The minimum absolute atomic E-state index is 0.185.